The molecule has 0 saturated carbocycles. The van der Waals surface area contributed by atoms with Crippen LogP contribution >= 0.6 is 0 Å². The van der Waals surface area contributed by atoms with Crippen LogP contribution in [0.15, 0.2) is 84.9 Å². The van der Waals surface area contributed by atoms with Crippen molar-refractivity contribution in [2.24, 2.45) is 0 Å². The first-order valence-electron chi connectivity index (χ1n) is 24.6. The molecule has 5 fully saturated rings. The first kappa shape index (κ1) is 50.7. The minimum absolute atomic E-state index is 0.201. The summed E-state index contributed by atoms with van der Waals surface area (Å²) in [6.07, 6.45) is -1.55. The van der Waals surface area contributed by atoms with Gasteiger partial charge in [0, 0.05) is 39.0 Å². The molecule has 0 amide bonds. The quantitative estimate of drug-likeness (QED) is 0.112. The Morgan fingerprint density at radius 1 is 0.471 bits per heavy atom. The maximum atomic E-state index is 11.7. The average Bonchev–Trinajstić information content (AvgIpc) is 3.32. The van der Waals surface area contributed by atoms with Crippen molar-refractivity contribution >= 4 is 5.97 Å². The maximum absolute atomic E-state index is 11.7. The summed E-state index contributed by atoms with van der Waals surface area (Å²) in [6, 6.07) is 27.6. The highest BCUT2D eigenvalue weighted by atomic mass is 16.8. The van der Waals surface area contributed by atoms with Gasteiger partial charge in [0.05, 0.1) is 75.3 Å². The van der Waals surface area contributed by atoms with E-state index in [0.717, 1.165) is 29.0 Å². The SMILES string of the molecule is COc1ccc(O[C@H]2CC[C@H](O[C@H]3C[C@@H](O[C@H]4CC[C@H](O[C@H]5C[C@@H](O[C@H]6CC[C@H](OC(C)=O)[C@H](C)O6)[C@H](OCc6ccccc6)[C@@H](C)O5)[C@H](C)O4)[C@H](OCc4ccccc4)[C@@H](C)O3)[C@H](C)O2)cc1. The lowest BCUT2D eigenvalue weighted by Gasteiger charge is -2.45. The van der Waals surface area contributed by atoms with Crippen molar-refractivity contribution in [3.8, 4) is 11.5 Å². The van der Waals surface area contributed by atoms with Crippen LogP contribution in [-0.4, -0.2) is 118 Å². The molecule has 15 nitrogen and oxygen atoms in total. The highest BCUT2D eigenvalue weighted by molar-refractivity contribution is 5.66. The fourth-order valence-corrected chi connectivity index (χ4v) is 9.85. The number of ether oxygens (including phenoxy) is 14. The minimum Gasteiger partial charge on any atom is -0.497 e. The monoisotopic (exact) mass is 948 g/mol. The molecule has 0 aromatic heterocycles. The van der Waals surface area contributed by atoms with E-state index in [1.54, 1.807) is 7.11 Å². The Bertz CT molecular complexity index is 1960. The van der Waals surface area contributed by atoms with Gasteiger partial charge in [-0.2, -0.15) is 0 Å². The van der Waals surface area contributed by atoms with E-state index in [2.05, 4.69) is 0 Å². The third-order valence-electron chi connectivity index (χ3n) is 13.5. The molecular weight excluding hydrogens is 877 g/mol. The van der Waals surface area contributed by atoms with Crippen LogP contribution in [0.5, 0.6) is 11.5 Å². The summed E-state index contributed by atoms with van der Waals surface area (Å²) in [6.45, 7) is 12.2. The molecule has 0 aliphatic carbocycles. The molecule has 0 unspecified atom stereocenters. The van der Waals surface area contributed by atoms with E-state index in [9.17, 15) is 4.79 Å². The molecule has 0 radical (unpaired) electrons. The van der Waals surface area contributed by atoms with Crippen LogP contribution in [0.3, 0.4) is 0 Å². The van der Waals surface area contributed by atoms with Gasteiger partial charge < -0.3 is 66.3 Å². The molecular formula is C53H72O15. The Hall–Kier alpha value is -3.71. The smallest absolute Gasteiger partial charge is 0.302 e. The highest BCUT2D eigenvalue weighted by Gasteiger charge is 2.46. The van der Waals surface area contributed by atoms with Crippen LogP contribution in [0.25, 0.3) is 0 Å². The van der Waals surface area contributed by atoms with E-state index < -0.39 is 31.5 Å². The molecule has 5 aliphatic rings. The predicted molar refractivity (Wildman–Crippen MR) is 247 cm³/mol. The first-order valence-corrected chi connectivity index (χ1v) is 24.6. The zero-order valence-electron chi connectivity index (χ0n) is 40.6. The maximum Gasteiger partial charge on any atom is 0.302 e. The summed E-state index contributed by atoms with van der Waals surface area (Å²) in [5.74, 6) is 1.17. The van der Waals surface area contributed by atoms with Crippen LogP contribution in [0.2, 0.25) is 0 Å². The van der Waals surface area contributed by atoms with E-state index in [4.69, 9.17) is 66.3 Å². The van der Waals surface area contributed by atoms with Gasteiger partial charge in [-0.05, 0) is 89.3 Å². The van der Waals surface area contributed by atoms with Gasteiger partial charge in [0.2, 0.25) is 0 Å². The van der Waals surface area contributed by atoms with E-state index in [1.807, 2.05) is 120 Å². The summed E-state index contributed by atoms with van der Waals surface area (Å²) < 4.78 is 89.1. The molecule has 5 aliphatic heterocycles. The summed E-state index contributed by atoms with van der Waals surface area (Å²) in [5, 5.41) is 0. The number of rotatable bonds is 18. The summed E-state index contributed by atoms with van der Waals surface area (Å²) >= 11 is 0. The molecule has 5 heterocycles. The van der Waals surface area contributed by atoms with Crippen LogP contribution in [0.4, 0.5) is 0 Å². The van der Waals surface area contributed by atoms with E-state index >= 15 is 0 Å². The molecule has 17 atom stereocenters. The molecule has 3 aromatic rings. The molecule has 374 valence electrons. The summed E-state index contributed by atoms with van der Waals surface area (Å²) in [4.78, 5) is 11.7. The summed E-state index contributed by atoms with van der Waals surface area (Å²) in [7, 11) is 1.64. The third kappa shape index (κ3) is 14.0. The fourth-order valence-electron chi connectivity index (χ4n) is 9.85. The van der Waals surface area contributed by atoms with Gasteiger partial charge in [0.1, 0.15) is 29.8 Å². The molecule has 8 rings (SSSR count). The Kier molecular flexibility index (Phi) is 18.2. The van der Waals surface area contributed by atoms with Gasteiger partial charge in [-0.3, -0.25) is 4.79 Å². The molecule has 0 bridgehead atoms. The number of methoxy groups -OCH3 is 1. The molecule has 0 N–H and O–H groups in total. The lowest BCUT2D eigenvalue weighted by Crippen LogP contribution is -2.55. The topological polar surface area (TPSA) is 146 Å². The van der Waals surface area contributed by atoms with Crippen molar-refractivity contribution in [1.82, 2.24) is 0 Å². The second kappa shape index (κ2) is 24.4. The van der Waals surface area contributed by atoms with Crippen LogP contribution in [0, 0.1) is 0 Å². The van der Waals surface area contributed by atoms with Crippen LogP contribution < -0.4 is 9.47 Å². The van der Waals surface area contributed by atoms with Gasteiger partial charge in [-0.15, -0.1) is 0 Å². The molecule has 3 aromatic carbocycles. The molecule has 15 heteroatoms. The van der Waals surface area contributed by atoms with Crippen LogP contribution in [0.1, 0.15) is 104 Å². The van der Waals surface area contributed by atoms with Gasteiger partial charge in [-0.25, -0.2) is 0 Å². The zero-order chi connectivity index (χ0) is 47.6. The largest absolute Gasteiger partial charge is 0.497 e. The van der Waals surface area contributed by atoms with Crippen molar-refractivity contribution < 1.29 is 71.1 Å². The number of esters is 1. The number of hydrogen-bond donors (Lipinski definition) is 0. The van der Waals surface area contributed by atoms with Crippen molar-refractivity contribution in [3.05, 3.63) is 96.1 Å². The second-order valence-electron chi connectivity index (χ2n) is 18.7. The number of carbonyl (C=O) groups is 1. The first-order chi connectivity index (χ1) is 33.0. The Morgan fingerprint density at radius 2 is 0.868 bits per heavy atom. The van der Waals surface area contributed by atoms with Gasteiger partial charge in [0.25, 0.3) is 0 Å². The van der Waals surface area contributed by atoms with Crippen LogP contribution in [-0.2, 0) is 74.9 Å². The fraction of sp³-hybridized carbons (Fsp3) is 0.642. The van der Waals surface area contributed by atoms with E-state index in [1.165, 1.54) is 6.92 Å². The van der Waals surface area contributed by atoms with Crippen molar-refractivity contribution in [2.75, 3.05) is 7.11 Å². The van der Waals surface area contributed by atoms with Crippen molar-refractivity contribution in [1.29, 1.82) is 0 Å². The number of carbonyl (C=O) groups excluding carboxylic acids is 1. The van der Waals surface area contributed by atoms with Crippen molar-refractivity contribution in [2.45, 2.75) is 211 Å². The highest BCUT2D eigenvalue weighted by Crippen LogP contribution is 2.37. The number of hydrogen-bond acceptors (Lipinski definition) is 15. The number of benzene rings is 3. The zero-order valence-corrected chi connectivity index (χ0v) is 40.6. The Balaban J connectivity index is 0.870. The van der Waals surface area contributed by atoms with Gasteiger partial charge >= 0.3 is 5.97 Å². The summed E-state index contributed by atoms with van der Waals surface area (Å²) in [5.41, 5.74) is 2.12. The van der Waals surface area contributed by atoms with Crippen molar-refractivity contribution in [3.63, 3.8) is 0 Å². The standard InChI is InChI=1S/C53H72O15/c1-32-42(63-37(6)54)22-26-48(59-32)67-45-28-51(62-35(4)52(45)56-30-38-14-10-8-11-15-38)66-44-24-27-49(60-34(44)3)68-46-29-50(61-36(5)53(46)57-31-39-16-12-9-13-17-39)65-43-23-25-47(58-33(43)2)64-41-20-18-40(55-7)19-21-41/h8-21,32-36,42-53H,22-31H2,1-7H3/t32-,33-,34-,35+,36+,42-,43-,44-,45+,46+,47-,48-,49-,50-,51-,52+,53+/m0/s1. The lowest BCUT2D eigenvalue weighted by atomic mass is 9.99. The average molecular weight is 949 g/mol. The van der Waals surface area contributed by atoms with E-state index in [0.29, 0.717) is 58.2 Å². The second-order valence-corrected chi connectivity index (χ2v) is 18.7. The van der Waals surface area contributed by atoms with Gasteiger partial charge in [-0.1, -0.05) is 60.7 Å². The Labute approximate surface area is 401 Å². The third-order valence-corrected chi connectivity index (χ3v) is 13.5. The molecule has 68 heavy (non-hydrogen) atoms. The predicted octanol–water partition coefficient (Wildman–Crippen LogP) is 8.56. The normalized spacial score (nSPS) is 36.7. The van der Waals surface area contributed by atoms with E-state index in [-0.39, 0.29) is 79.2 Å². The minimum atomic E-state index is -0.574. The molecule has 0 spiro atoms. The Morgan fingerprint density at radius 3 is 1.31 bits per heavy atom. The molecule has 5 saturated heterocycles. The van der Waals surface area contributed by atoms with Gasteiger partial charge in [0.15, 0.2) is 31.5 Å². The lowest BCUT2D eigenvalue weighted by molar-refractivity contribution is -0.335.